The van der Waals surface area contributed by atoms with E-state index in [-0.39, 0.29) is 17.7 Å². The van der Waals surface area contributed by atoms with Crippen molar-refractivity contribution in [2.75, 3.05) is 31.1 Å². The molecule has 0 bridgehead atoms. The fourth-order valence-corrected chi connectivity index (χ4v) is 3.92. The molecule has 7 nitrogen and oxygen atoms in total. The number of anilines is 1. The zero-order valence-corrected chi connectivity index (χ0v) is 17.2. The number of nitrogens with zero attached hydrogens (tertiary/aromatic N) is 4. The smallest absolute Gasteiger partial charge is 0.259 e. The number of piperazine rings is 1. The Labute approximate surface area is 178 Å². The van der Waals surface area contributed by atoms with Gasteiger partial charge in [-0.05, 0) is 48.6 Å². The molecule has 1 aromatic carbocycles. The molecule has 1 N–H and O–H groups in total. The summed E-state index contributed by atoms with van der Waals surface area (Å²) >= 11 is 0. The number of nitrogens with one attached hydrogen (secondary N) is 1. The Hall–Kier alpha value is -3.73. The lowest BCUT2D eigenvalue weighted by atomic mass is 10.0. The molecule has 1 saturated heterocycles. The number of amides is 1. The lowest BCUT2D eigenvalue weighted by Gasteiger charge is -2.36. The Kier molecular flexibility index (Phi) is 5.67. The van der Waals surface area contributed by atoms with Crippen molar-refractivity contribution in [3.8, 4) is 6.07 Å². The van der Waals surface area contributed by atoms with Crippen LogP contribution in [0.4, 0.5) is 10.1 Å². The molecule has 0 spiro atoms. The van der Waals surface area contributed by atoms with E-state index < -0.39 is 11.4 Å². The Morgan fingerprint density at radius 2 is 2.00 bits per heavy atom. The van der Waals surface area contributed by atoms with Crippen molar-refractivity contribution in [2.24, 2.45) is 0 Å². The second-order valence-electron chi connectivity index (χ2n) is 7.66. The minimum Gasteiger partial charge on any atom is -0.367 e. The fraction of sp³-hybridized carbons (Fsp3) is 0.304. The molecule has 0 saturated carbocycles. The zero-order chi connectivity index (χ0) is 22.0. The first-order chi connectivity index (χ1) is 15.0. The third kappa shape index (κ3) is 4.26. The zero-order valence-electron chi connectivity index (χ0n) is 17.2. The van der Waals surface area contributed by atoms with Crippen LogP contribution in [0.2, 0.25) is 0 Å². The summed E-state index contributed by atoms with van der Waals surface area (Å²) in [4.78, 5) is 35.7. The molecule has 158 valence electrons. The number of H-pyrrole nitrogens is 1. The Morgan fingerprint density at radius 3 is 2.68 bits per heavy atom. The number of nitriles is 1. The predicted octanol–water partition coefficient (Wildman–Crippen LogP) is 2.52. The maximum Gasteiger partial charge on any atom is 0.259 e. The topological polar surface area (TPSA) is 93.1 Å². The first-order valence-electron chi connectivity index (χ1n) is 10.2. The number of rotatable bonds is 4. The van der Waals surface area contributed by atoms with Gasteiger partial charge in [0, 0.05) is 38.3 Å². The van der Waals surface area contributed by atoms with E-state index in [1.54, 1.807) is 24.4 Å². The van der Waals surface area contributed by atoms with Gasteiger partial charge in [0.15, 0.2) is 0 Å². The predicted molar refractivity (Wildman–Crippen MR) is 115 cm³/mol. The summed E-state index contributed by atoms with van der Waals surface area (Å²) in [5.74, 6) is -0.519. The van der Waals surface area contributed by atoms with Gasteiger partial charge in [-0.15, -0.1) is 0 Å². The first-order valence-corrected chi connectivity index (χ1v) is 10.2. The maximum atomic E-state index is 14.0. The Balaban J connectivity index is 1.37. The average molecular weight is 419 g/mol. The lowest BCUT2D eigenvalue weighted by molar-refractivity contribution is -0.131. The molecule has 1 fully saturated rings. The number of halogens is 1. The molecule has 31 heavy (non-hydrogen) atoms. The van der Waals surface area contributed by atoms with Crippen LogP contribution in [0, 0.1) is 24.1 Å². The Bertz CT molecular complexity index is 1220. The van der Waals surface area contributed by atoms with E-state index in [1.807, 2.05) is 24.0 Å². The number of pyridine rings is 2. The van der Waals surface area contributed by atoms with Crippen molar-refractivity contribution in [3.63, 3.8) is 0 Å². The summed E-state index contributed by atoms with van der Waals surface area (Å²) in [7, 11) is 0. The van der Waals surface area contributed by atoms with Crippen LogP contribution < -0.4 is 10.5 Å². The van der Waals surface area contributed by atoms with Gasteiger partial charge in [0.2, 0.25) is 5.91 Å². The highest BCUT2D eigenvalue weighted by Gasteiger charge is 2.21. The van der Waals surface area contributed by atoms with Crippen molar-refractivity contribution >= 4 is 22.4 Å². The minimum atomic E-state index is -0.542. The van der Waals surface area contributed by atoms with E-state index in [1.165, 1.54) is 6.07 Å². The highest BCUT2D eigenvalue weighted by atomic mass is 19.1. The number of hydrogen-bond acceptors (Lipinski definition) is 5. The maximum absolute atomic E-state index is 14.0. The van der Waals surface area contributed by atoms with E-state index in [4.69, 9.17) is 5.26 Å². The standard InChI is InChI=1S/C23H22FN5O2/c1-15-2-6-20(24)22-19(15)12-16(27-23(22)31)4-7-21(30)29-10-8-28(9-11-29)18-5-3-17(13-25)26-14-18/h2-3,5-6,12,14H,4,7-11H2,1H3,(H,27,31). The highest BCUT2D eigenvalue weighted by molar-refractivity contribution is 5.85. The molecule has 0 radical (unpaired) electrons. The van der Waals surface area contributed by atoms with Crippen LogP contribution in [0.5, 0.6) is 0 Å². The number of aryl methyl sites for hydroxylation is 2. The van der Waals surface area contributed by atoms with Gasteiger partial charge in [0.05, 0.1) is 17.3 Å². The van der Waals surface area contributed by atoms with Gasteiger partial charge in [-0.1, -0.05) is 6.07 Å². The van der Waals surface area contributed by atoms with E-state index in [0.29, 0.717) is 49.4 Å². The molecule has 3 aromatic rings. The van der Waals surface area contributed by atoms with Gasteiger partial charge in [-0.25, -0.2) is 9.37 Å². The lowest BCUT2D eigenvalue weighted by Crippen LogP contribution is -2.48. The molecule has 8 heteroatoms. The van der Waals surface area contributed by atoms with Gasteiger partial charge in [0.25, 0.3) is 5.56 Å². The molecule has 0 aliphatic carbocycles. The SMILES string of the molecule is Cc1ccc(F)c2c(=O)[nH]c(CCC(=O)N3CCN(c4ccc(C#N)nc4)CC3)cc12. The van der Waals surface area contributed by atoms with Crippen LogP contribution in [0.25, 0.3) is 10.8 Å². The summed E-state index contributed by atoms with van der Waals surface area (Å²) in [6.07, 6.45) is 2.34. The van der Waals surface area contributed by atoms with Crippen molar-refractivity contribution in [1.29, 1.82) is 5.26 Å². The third-order valence-corrected chi connectivity index (χ3v) is 5.70. The van der Waals surface area contributed by atoms with Gasteiger partial charge in [-0.3, -0.25) is 9.59 Å². The number of carbonyl (C=O) groups excluding carboxylic acids is 1. The summed E-state index contributed by atoms with van der Waals surface area (Å²) in [6.45, 7) is 4.39. The summed E-state index contributed by atoms with van der Waals surface area (Å²) < 4.78 is 14.0. The molecule has 3 heterocycles. The number of hydrogen-bond donors (Lipinski definition) is 1. The number of aromatic amines is 1. The molecule has 0 atom stereocenters. The molecular formula is C23H22FN5O2. The van der Waals surface area contributed by atoms with Crippen LogP contribution >= 0.6 is 0 Å². The van der Waals surface area contributed by atoms with Gasteiger partial charge in [0.1, 0.15) is 17.6 Å². The van der Waals surface area contributed by atoms with E-state index in [9.17, 15) is 14.0 Å². The van der Waals surface area contributed by atoms with Crippen LogP contribution in [0.15, 0.2) is 41.3 Å². The molecule has 1 aliphatic rings. The average Bonchev–Trinajstić information content (AvgIpc) is 2.80. The third-order valence-electron chi connectivity index (χ3n) is 5.70. The number of carbonyl (C=O) groups is 1. The van der Waals surface area contributed by atoms with E-state index in [2.05, 4.69) is 14.9 Å². The molecule has 2 aromatic heterocycles. The second-order valence-corrected chi connectivity index (χ2v) is 7.66. The molecule has 1 amide bonds. The van der Waals surface area contributed by atoms with E-state index in [0.717, 1.165) is 11.3 Å². The van der Waals surface area contributed by atoms with Crippen molar-refractivity contribution in [2.45, 2.75) is 19.8 Å². The van der Waals surface area contributed by atoms with Crippen molar-refractivity contribution in [3.05, 3.63) is 69.7 Å². The van der Waals surface area contributed by atoms with Gasteiger partial charge >= 0.3 is 0 Å². The van der Waals surface area contributed by atoms with Crippen LogP contribution in [-0.2, 0) is 11.2 Å². The Morgan fingerprint density at radius 1 is 1.23 bits per heavy atom. The monoisotopic (exact) mass is 419 g/mol. The molecular weight excluding hydrogens is 397 g/mol. The van der Waals surface area contributed by atoms with Gasteiger partial charge in [-0.2, -0.15) is 5.26 Å². The van der Waals surface area contributed by atoms with Crippen LogP contribution in [-0.4, -0.2) is 47.0 Å². The quantitative estimate of drug-likeness (QED) is 0.702. The molecule has 0 unspecified atom stereocenters. The number of aromatic nitrogens is 2. The van der Waals surface area contributed by atoms with Crippen molar-refractivity contribution in [1.82, 2.24) is 14.9 Å². The largest absolute Gasteiger partial charge is 0.367 e. The summed E-state index contributed by atoms with van der Waals surface area (Å²) in [5.41, 5.74) is 2.29. The number of benzene rings is 1. The highest BCUT2D eigenvalue weighted by Crippen LogP contribution is 2.20. The fourth-order valence-electron chi connectivity index (χ4n) is 3.92. The summed E-state index contributed by atoms with van der Waals surface area (Å²) in [6, 6.07) is 10.3. The van der Waals surface area contributed by atoms with E-state index >= 15 is 0 Å². The van der Waals surface area contributed by atoms with Crippen LogP contribution in [0.1, 0.15) is 23.4 Å². The molecule has 1 aliphatic heterocycles. The minimum absolute atomic E-state index is 0.0227. The van der Waals surface area contributed by atoms with Gasteiger partial charge < -0.3 is 14.8 Å². The first kappa shape index (κ1) is 20.5. The number of fused-ring (bicyclic) bond motifs is 1. The van der Waals surface area contributed by atoms with Crippen LogP contribution in [0.3, 0.4) is 0 Å². The molecule has 4 rings (SSSR count). The van der Waals surface area contributed by atoms with Crippen molar-refractivity contribution < 1.29 is 9.18 Å². The summed E-state index contributed by atoms with van der Waals surface area (Å²) in [5, 5.41) is 9.49. The normalized spacial score (nSPS) is 14.0. The second kappa shape index (κ2) is 8.56.